The van der Waals surface area contributed by atoms with E-state index in [2.05, 4.69) is 271 Å². The fourth-order valence-electron chi connectivity index (χ4n) is 12.9. The van der Waals surface area contributed by atoms with E-state index in [0.717, 1.165) is 44.1 Å². The third-order valence-electron chi connectivity index (χ3n) is 16.3. The lowest BCUT2D eigenvalue weighted by Crippen LogP contribution is -1.93. The maximum absolute atomic E-state index is 5.42. The molecule has 16 rings (SSSR count). The van der Waals surface area contributed by atoms with Gasteiger partial charge in [0.1, 0.15) is 0 Å². The molecule has 14 aromatic carbocycles. The van der Waals surface area contributed by atoms with Crippen LogP contribution >= 0.6 is 0 Å². The number of aromatic nitrogens is 3. The lowest BCUT2D eigenvalue weighted by molar-refractivity contribution is 1.18. The molecule has 3 nitrogen and oxygen atoms in total. The van der Waals surface area contributed by atoms with Crippen LogP contribution in [0.1, 0.15) is 0 Å². The Morgan fingerprint density at radius 3 is 1.10 bits per heavy atom. The minimum atomic E-state index is 0.863. The molecule has 0 saturated heterocycles. The summed E-state index contributed by atoms with van der Waals surface area (Å²) >= 11 is 0. The average Bonchev–Trinajstić information content (AvgIpc) is 3.89. The van der Waals surface area contributed by atoms with Crippen LogP contribution in [0.3, 0.4) is 0 Å². The van der Waals surface area contributed by atoms with Crippen molar-refractivity contribution in [2.75, 3.05) is 0 Å². The first-order valence-electron chi connectivity index (χ1n) is 26.5. The standard InChI is InChI=1S/C74H45N3/c1-2-18-47(19-3-1)77-71-41-9-8-22-66(71)69-44-46(42-43-72(69)77)48-25-10-27-50-49(48)26-11-28-51(50)52-29-12-31-54-53(52)30-13-32-55(54)56-33-14-35-58-57(56)34-15-36-59(58)60-37-16-39-62-61(60)38-17-40-65(62)70-45-75-73-67-23-6-4-20-63(67)64-21-5-7-24-68(64)74(73)76-70/h1-45H. The highest BCUT2D eigenvalue weighted by molar-refractivity contribution is 6.24. The summed E-state index contributed by atoms with van der Waals surface area (Å²) in [5.74, 6) is 0. The molecule has 2 heterocycles. The number of rotatable bonds is 6. The fourth-order valence-corrected chi connectivity index (χ4v) is 12.9. The lowest BCUT2D eigenvalue weighted by Gasteiger charge is -2.17. The molecule has 0 amide bonds. The molecule has 0 aliphatic rings. The van der Waals surface area contributed by atoms with Gasteiger partial charge in [-0.1, -0.05) is 237 Å². The van der Waals surface area contributed by atoms with Gasteiger partial charge in [0, 0.05) is 32.8 Å². The van der Waals surface area contributed by atoms with E-state index in [1.807, 2.05) is 6.20 Å². The zero-order valence-electron chi connectivity index (χ0n) is 41.8. The van der Waals surface area contributed by atoms with Crippen LogP contribution in [0.5, 0.6) is 0 Å². The second kappa shape index (κ2) is 17.2. The number of nitrogens with zero attached hydrogens (tertiary/aromatic N) is 3. The van der Waals surface area contributed by atoms with Crippen LogP contribution in [0.2, 0.25) is 0 Å². The van der Waals surface area contributed by atoms with Gasteiger partial charge >= 0.3 is 0 Å². The minimum Gasteiger partial charge on any atom is -0.309 e. The maximum Gasteiger partial charge on any atom is 0.0979 e. The molecule has 0 spiro atoms. The number of fused-ring (bicyclic) bond motifs is 13. The smallest absolute Gasteiger partial charge is 0.0979 e. The van der Waals surface area contributed by atoms with Gasteiger partial charge in [0.15, 0.2) is 0 Å². The van der Waals surface area contributed by atoms with E-state index in [0.29, 0.717) is 0 Å². The summed E-state index contributed by atoms with van der Waals surface area (Å²) in [6.07, 6.45) is 1.95. The van der Waals surface area contributed by atoms with Crippen molar-refractivity contribution >= 4 is 97.5 Å². The van der Waals surface area contributed by atoms with E-state index >= 15 is 0 Å². The SMILES string of the molecule is c1ccc(-n2c3ccccc3c3cc(-c4cccc5c(-c6cccc7c(-c8cccc9c(-c%10cccc%11c(-c%12cnc%13c%14ccccc%14c%14ccccc%14c%13n%12)cccc%10%11)cccc89)cccc67)cccc45)ccc32)cc1. The zero-order chi connectivity index (χ0) is 50.6. The molecular formula is C74H45N3. The summed E-state index contributed by atoms with van der Waals surface area (Å²) in [7, 11) is 0. The Balaban J connectivity index is 0.801. The molecule has 0 atom stereocenters. The molecular weight excluding hydrogens is 931 g/mol. The Hall–Kier alpha value is -10.2. The van der Waals surface area contributed by atoms with Gasteiger partial charge in [0.25, 0.3) is 0 Å². The van der Waals surface area contributed by atoms with Gasteiger partial charge in [-0.2, -0.15) is 0 Å². The summed E-state index contributed by atoms with van der Waals surface area (Å²) in [4.78, 5) is 10.6. The summed E-state index contributed by atoms with van der Waals surface area (Å²) in [6.45, 7) is 0. The van der Waals surface area contributed by atoms with Crippen molar-refractivity contribution in [3.05, 3.63) is 273 Å². The minimum absolute atomic E-state index is 0.863. The highest BCUT2D eigenvalue weighted by atomic mass is 15.0. The van der Waals surface area contributed by atoms with Crippen molar-refractivity contribution in [1.29, 1.82) is 0 Å². The van der Waals surface area contributed by atoms with E-state index in [4.69, 9.17) is 9.97 Å². The predicted molar refractivity (Wildman–Crippen MR) is 326 cm³/mol. The van der Waals surface area contributed by atoms with Crippen LogP contribution in [0.4, 0.5) is 0 Å². The van der Waals surface area contributed by atoms with Gasteiger partial charge in [0.05, 0.1) is 34.0 Å². The lowest BCUT2D eigenvalue weighted by atomic mass is 9.87. The predicted octanol–water partition coefficient (Wildman–Crippen LogP) is 20.0. The molecule has 16 aromatic rings. The first-order chi connectivity index (χ1) is 38.2. The first-order valence-corrected chi connectivity index (χ1v) is 26.5. The van der Waals surface area contributed by atoms with Crippen molar-refractivity contribution in [1.82, 2.24) is 14.5 Å². The third kappa shape index (κ3) is 6.64. The van der Waals surface area contributed by atoms with E-state index in [-0.39, 0.29) is 0 Å². The molecule has 0 aliphatic heterocycles. The molecule has 0 fully saturated rings. The van der Waals surface area contributed by atoms with Gasteiger partial charge in [-0.3, -0.25) is 4.98 Å². The monoisotopic (exact) mass is 975 g/mol. The van der Waals surface area contributed by atoms with Crippen LogP contribution in [0.25, 0.3) is 159 Å². The van der Waals surface area contributed by atoms with Gasteiger partial charge in [-0.05, 0) is 129 Å². The van der Waals surface area contributed by atoms with Crippen molar-refractivity contribution in [3.63, 3.8) is 0 Å². The highest BCUT2D eigenvalue weighted by Gasteiger charge is 2.19. The first kappa shape index (κ1) is 43.2. The third-order valence-corrected chi connectivity index (χ3v) is 16.3. The second-order valence-electron chi connectivity index (χ2n) is 20.3. The summed E-state index contributed by atoms with van der Waals surface area (Å²) in [5.41, 5.74) is 17.0. The van der Waals surface area contributed by atoms with Gasteiger partial charge in [0.2, 0.25) is 0 Å². The molecule has 356 valence electrons. The number of hydrogen-bond donors (Lipinski definition) is 0. The second-order valence-corrected chi connectivity index (χ2v) is 20.3. The quantitative estimate of drug-likeness (QED) is 0.155. The van der Waals surface area contributed by atoms with Crippen LogP contribution in [0, 0.1) is 0 Å². The molecule has 77 heavy (non-hydrogen) atoms. The van der Waals surface area contributed by atoms with Gasteiger partial charge in [-0.25, -0.2) is 4.98 Å². The Labute approximate surface area is 444 Å². The van der Waals surface area contributed by atoms with Crippen LogP contribution in [-0.2, 0) is 0 Å². The number of para-hydroxylation sites is 2. The largest absolute Gasteiger partial charge is 0.309 e. The van der Waals surface area contributed by atoms with Crippen LogP contribution in [-0.4, -0.2) is 14.5 Å². The van der Waals surface area contributed by atoms with E-state index in [9.17, 15) is 0 Å². The summed E-state index contributed by atoms with van der Waals surface area (Å²) < 4.78 is 2.38. The molecule has 0 radical (unpaired) electrons. The fraction of sp³-hybridized carbons (Fsp3) is 0. The topological polar surface area (TPSA) is 30.7 Å². The van der Waals surface area contributed by atoms with E-state index in [1.165, 1.54) is 115 Å². The van der Waals surface area contributed by atoms with Crippen molar-refractivity contribution in [3.8, 4) is 61.5 Å². The highest BCUT2D eigenvalue weighted by Crippen LogP contribution is 2.45. The van der Waals surface area contributed by atoms with E-state index in [1.54, 1.807) is 0 Å². The Kier molecular flexibility index (Phi) is 9.64. The Bertz CT molecular complexity index is 5070. The molecule has 2 aromatic heterocycles. The van der Waals surface area contributed by atoms with Gasteiger partial charge in [-0.15, -0.1) is 0 Å². The Morgan fingerprint density at radius 2 is 0.597 bits per heavy atom. The van der Waals surface area contributed by atoms with Crippen molar-refractivity contribution in [2.45, 2.75) is 0 Å². The maximum atomic E-state index is 5.42. The van der Waals surface area contributed by atoms with E-state index < -0.39 is 0 Å². The molecule has 0 unspecified atom stereocenters. The summed E-state index contributed by atoms with van der Waals surface area (Å²) in [6, 6.07) is 97.6. The number of benzene rings is 14. The van der Waals surface area contributed by atoms with Crippen LogP contribution < -0.4 is 0 Å². The summed E-state index contributed by atoms with van der Waals surface area (Å²) in [5, 5.41) is 16.8. The van der Waals surface area contributed by atoms with Crippen molar-refractivity contribution < 1.29 is 0 Å². The number of hydrogen-bond acceptors (Lipinski definition) is 2. The molecule has 0 saturated carbocycles. The molecule has 0 N–H and O–H groups in total. The zero-order valence-corrected chi connectivity index (χ0v) is 41.8. The van der Waals surface area contributed by atoms with Gasteiger partial charge < -0.3 is 4.57 Å². The molecule has 3 heteroatoms. The average molecular weight is 976 g/mol. The van der Waals surface area contributed by atoms with Crippen LogP contribution in [0.15, 0.2) is 273 Å². The Morgan fingerprint density at radius 1 is 0.234 bits per heavy atom. The molecule has 0 bridgehead atoms. The normalized spacial score (nSPS) is 11.9. The van der Waals surface area contributed by atoms with Crippen molar-refractivity contribution in [2.24, 2.45) is 0 Å². The molecule has 0 aliphatic carbocycles.